The topological polar surface area (TPSA) is 35.5 Å². The fraction of sp³-hybridized carbons (Fsp3) is 0.133. The van der Waals surface area contributed by atoms with Gasteiger partial charge in [0.1, 0.15) is 11.5 Å². The summed E-state index contributed by atoms with van der Waals surface area (Å²) in [5.41, 5.74) is 1.57. The van der Waals surface area contributed by atoms with Crippen LogP contribution < -0.4 is 9.47 Å². The monoisotopic (exact) mass is 316 g/mol. The second-order valence-corrected chi connectivity index (χ2v) is 5.63. The lowest BCUT2D eigenvalue weighted by molar-refractivity contribution is -0.0531. The van der Waals surface area contributed by atoms with Gasteiger partial charge in [-0.25, -0.2) is 0 Å². The van der Waals surface area contributed by atoms with Gasteiger partial charge >= 0.3 is 5.79 Å². The Kier molecular flexibility index (Phi) is 2.10. The molecule has 2 aromatic carbocycles. The van der Waals surface area contributed by atoms with Crippen LogP contribution in [-0.4, -0.2) is 11.6 Å². The molecule has 1 atom stereocenters. The van der Waals surface area contributed by atoms with Gasteiger partial charge in [-0.15, -0.1) is 0 Å². The Bertz CT molecular complexity index is 710. The molecule has 0 saturated heterocycles. The third kappa shape index (κ3) is 1.46. The van der Waals surface area contributed by atoms with E-state index in [9.17, 15) is 4.79 Å². The molecule has 19 heavy (non-hydrogen) atoms. The summed E-state index contributed by atoms with van der Waals surface area (Å²) in [6, 6.07) is 13.0. The van der Waals surface area contributed by atoms with E-state index in [1.807, 2.05) is 30.3 Å². The second-order valence-electron chi connectivity index (χ2n) is 4.71. The van der Waals surface area contributed by atoms with Gasteiger partial charge in [-0.05, 0) is 30.3 Å². The summed E-state index contributed by atoms with van der Waals surface area (Å²) in [7, 11) is 0. The third-order valence-electron chi connectivity index (χ3n) is 3.47. The zero-order chi connectivity index (χ0) is 13.0. The van der Waals surface area contributed by atoms with Crippen LogP contribution in [0.4, 0.5) is 0 Å². The summed E-state index contributed by atoms with van der Waals surface area (Å²) in [4.78, 5) is 12.5. The normalized spacial score (nSPS) is 22.9. The maximum atomic E-state index is 12.5. The molecule has 4 heteroatoms. The number of Topliss-reactive ketones (excluding diaryl/α,β-unsaturated/α-hetero) is 1. The van der Waals surface area contributed by atoms with Crippen molar-refractivity contribution in [1.29, 1.82) is 0 Å². The Balaban J connectivity index is 1.79. The molecule has 2 aromatic rings. The average Bonchev–Trinajstić information content (AvgIpc) is 2.89. The standard InChI is InChI=1S/C15H9BrO3/c16-10-5-6-12-9(7-10)8-15(18-12)14(17)11-3-1-2-4-13(11)19-15/h1-7H,8H2. The molecule has 2 aliphatic rings. The zero-order valence-electron chi connectivity index (χ0n) is 9.85. The van der Waals surface area contributed by atoms with Gasteiger partial charge in [0.2, 0.25) is 0 Å². The Labute approximate surface area is 118 Å². The van der Waals surface area contributed by atoms with Gasteiger partial charge in [-0.3, -0.25) is 4.79 Å². The van der Waals surface area contributed by atoms with Gasteiger partial charge in [0.05, 0.1) is 12.0 Å². The summed E-state index contributed by atoms with van der Waals surface area (Å²) in [5, 5.41) is 0. The summed E-state index contributed by atoms with van der Waals surface area (Å²) in [5.74, 6) is 0.00597. The first kappa shape index (κ1) is 11.1. The Morgan fingerprint density at radius 2 is 1.84 bits per heavy atom. The molecule has 2 heterocycles. The number of ether oxygens (including phenoxy) is 2. The van der Waals surface area contributed by atoms with E-state index < -0.39 is 5.79 Å². The predicted octanol–water partition coefficient (Wildman–Crippen LogP) is 3.36. The molecule has 0 N–H and O–H groups in total. The third-order valence-corrected chi connectivity index (χ3v) is 3.97. The number of halogens is 1. The maximum Gasteiger partial charge on any atom is 0.320 e. The number of benzene rings is 2. The van der Waals surface area contributed by atoms with Crippen LogP contribution >= 0.6 is 15.9 Å². The first-order valence-electron chi connectivity index (χ1n) is 5.98. The number of hydrogen-bond acceptors (Lipinski definition) is 3. The molecule has 0 aliphatic carbocycles. The largest absolute Gasteiger partial charge is 0.445 e. The van der Waals surface area contributed by atoms with E-state index >= 15 is 0 Å². The van der Waals surface area contributed by atoms with E-state index in [0.717, 1.165) is 10.0 Å². The van der Waals surface area contributed by atoms with Crippen LogP contribution in [0, 0.1) is 0 Å². The molecule has 0 amide bonds. The van der Waals surface area contributed by atoms with E-state index in [1.165, 1.54) is 0 Å². The molecule has 4 rings (SSSR count). The molecule has 1 spiro atoms. The minimum absolute atomic E-state index is 0.101. The smallest absolute Gasteiger partial charge is 0.320 e. The lowest BCUT2D eigenvalue weighted by Crippen LogP contribution is -2.44. The van der Waals surface area contributed by atoms with Crippen LogP contribution in [0.1, 0.15) is 15.9 Å². The van der Waals surface area contributed by atoms with E-state index in [-0.39, 0.29) is 5.78 Å². The quantitative estimate of drug-likeness (QED) is 0.747. The second kappa shape index (κ2) is 3.61. The van der Waals surface area contributed by atoms with Gasteiger partial charge < -0.3 is 9.47 Å². The van der Waals surface area contributed by atoms with Crippen LogP contribution in [0.3, 0.4) is 0 Å². The predicted molar refractivity (Wildman–Crippen MR) is 72.6 cm³/mol. The van der Waals surface area contributed by atoms with Gasteiger partial charge in [-0.1, -0.05) is 28.1 Å². The van der Waals surface area contributed by atoms with Crippen LogP contribution in [-0.2, 0) is 6.42 Å². The molecule has 1 unspecified atom stereocenters. The van der Waals surface area contributed by atoms with Crippen molar-refractivity contribution in [1.82, 2.24) is 0 Å². The maximum absolute atomic E-state index is 12.5. The lowest BCUT2D eigenvalue weighted by Gasteiger charge is -2.20. The van der Waals surface area contributed by atoms with Gasteiger partial charge in [0, 0.05) is 10.0 Å². The Hall–Kier alpha value is -1.81. The van der Waals surface area contributed by atoms with Crippen molar-refractivity contribution in [2.75, 3.05) is 0 Å². The fourth-order valence-electron chi connectivity index (χ4n) is 2.61. The minimum atomic E-state index is -1.20. The number of para-hydroxylation sites is 1. The molecular formula is C15H9BrO3. The molecule has 0 radical (unpaired) electrons. The van der Waals surface area contributed by atoms with Gasteiger partial charge in [0.15, 0.2) is 0 Å². The first-order chi connectivity index (χ1) is 9.18. The molecule has 2 aliphatic heterocycles. The number of ketones is 1. The lowest BCUT2D eigenvalue weighted by atomic mass is 10.0. The van der Waals surface area contributed by atoms with Crippen molar-refractivity contribution in [3.63, 3.8) is 0 Å². The summed E-state index contributed by atoms with van der Waals surface area (Å²) in [6.45, 7) is 0. The fourth-order valence-corrected chi connectivity index (χ4v) is 3.01. The Morgan fingerprint density at radius 1 is 1.05 bits per heavy atom. The van der Waals surface area contributed by atoms with Crippen LogP contribution in [0.5, 0.6) is 11.5 Å². The SMILES string of the molecule is O=C1c2ccccc2OC12Cc1cc(Br)ccc1O2. The summed E-state index contributed by atoms with van der Waals surface area (Å²) < 4.78 is 12.6. The van der Waals surface area contributed by atoms with Crippen molar-refractivity contribution < 1.29 is 14.3 Å². The molecule has 0 bridgehead atoms. The highest BCUT2D eigenvalue weighted by atomic mass is 79.9. The number of carbonyl (C=O) groups is 1. The average molecular weight is 317 g/mol. The van der Waals surface area contributed by atoms with Gasteiger partial charge in [-0.2, -0.15) is 0 Å². The molecule has 0 aromatic heterocycles. The number of hydrogen-bond donors (Lipinski definition) is 0. The van der Waals surface area contributed by atoms with Crippen molar-refractivity contribution in [3.05, 3.63) is 58.1 Å². The van der Waals surface area contributed by atoms with E-state index in [0.29, 0.717) is 23.5 Å². The number of carbonyl (C=O) groups excluding carboxylic acids is 1. The molecule has 0 saturated carbocycles. The van der Waals surface area contributed by atoms with E-state index in [2.05, 4.69) is 15.9 Å². The minimum Gasteiger partial charge on any atom is -0.445 e. The van der Waals surface area contributed by atoms with Crippen LogP contribution in [0.2, 0.25) is 0 Å². The number of rotatable bonds is 0. The van der Waals surface area contributed by atoms with Crippen molar-refractivity contribution in [2.45, 2.75) is 12.2 Å². The van der Waals surface area contributed by atoms with Crippen molar-refractivity contribution in [2.24, 2.45) is 0 Å². The highest BCUT2D eigenvalue weighted by Crippen LogP contribution is 2.44. The molecule has 94 valence electrons. The van der Waals surface area contributed by atoms with Crippen molar-refractivity contribution >= 4 is 21.7 Å². The molecular weight excluding hydrogens is 308 g/mol. The van der Waals surface area contributed by atoms with Crippen LogP contribution in [0.25, 0.3) is 0 Å². The molecule has 0 fully saturated rings. The first-order valence-corrected chi connectivity index (χ1v) is 6.78. The van der Waals surface area contributed by atoms with E-state index in [4.69, 9.17) is 9.47 Å². The number of fused-ring (bicyclic) bond motifs is 2. The summed E-state index contributed by atoms with van der Waals surface area (Å²) in [6.07, 6.45) is 0.440. The summed E-state index contributed by atoms with van der Waals surface area (Å²) >= 11 is 3.42. The van der Waals surface area contributed by atoms with Gasteiger partial charge in [0.25, 0.3) is 5.78 Å². The highest BCUT2D eigenvalue weighted by molar-refractivity contribution is 9.10. The molecule has 3 nitrogen and oxygen atoms in total. The Morgan fingerprint density at radius 3 is 2.68 bits per heavy atom. The van der Waals surface area contributed by atoms with E-state index in [1.54, 1.807) is 12.1 Å². The van der Waals surface area contributed by atoms with Crippen LogP contribution in [0.15, 0.2) is 46.9 Å². The highest BCUT2D eigenvalue weighted by Gasteiger charge is 2.54. The van der Waals surface area contributed by atoms with Crippen molar-refractivity contribution in [3.8, 4) is 11.5 Å². The zero-order valence-corrected chi connectivity index (χ0v) is 11.4.